The highest BCUT2D eigenvalue weighted by atomic mass is 19.1. The molecule has 2 aromatic carbocycles. The fourth-order valence-corrected chi connectivity index (χ4v) is 1.85. The number of hydrazone groups is 1. The van der Waals surface area contributed by atoms with Gasteiger partial charge in [0, 0.05) is 11.1 Å². The number of nitrogens with zero attached hydrogens (tertiary/aromatic N) is 1. The van der Waals surface area contributed by atoms with Gasteiger partial charge in [-0.2, -0.15) is 5.10 Å². The molecule has 0 aliphatic carbocycles. The molecule has 4 nitrogen and oxygen atoms in total. The topological polar surface area (TPSA) is 61.7 Å². The molecule has 0 aromatic heterocycles. The van der Waals surface area contributed by atoms with Crippen molar-refractivity contribution < 1.29 is 18.7 Å². The number of amides is 1. The molecule has 0 aliphatic heterocycles. The lowest BCUT2D eigenvalue weighted by molar-refractivity contribution is 0.0954. The van der Waals surface area contributed by atoms with E-state index < -0.39 is 17.5 Å². The molecule has 0 fully saturated rings. The second-order valence-corrected chi connectivity index (χ2v) is 4.52. The van der Waals surface area contributed by atoms with Crippen LogP contribution in [0.15, 0.2) is 47.6 Å². The fraction of sp³-hybridized carbons (Fsp3) is 0.125. The maximum absolute atomic E-state index is 13.3. The fourth-order valence-electron chi connectivity index (χ4n) is 1.85. The predicted molar refractivity (Wildman–Crippen MR) is 78.8 cm³/mol. The summed E-state index contributed by atoms with van der Waals surface area (Å²) in [6, 6.07) is 8.47. The highest BCUT2D eigenvalue weighted by Gasteiger charge is 2.10. The molecule has 2 N–H and O–H groups in total. The van der Waals surface area contributed by atoms with Gasteiger partial charge in [-0.15, -0.1) is 0 Å². The zero-order chi connectivity index (χ0) is 16.1. The van der Waals surface area contributed by atoms with Gasteiger partial charge >= 0.3 is 0 Å². The van der Waals surface area contributed by atoms with Crippen LogP contribution in [0.3, 0.4) is 0 Å². The minimum atomic E-state index is -0.526. The Hall–Kier alpha value is -2.76. The van der Waals surface area contributed by atoms with E-state index in [-0.39, 0.29) is 16.9 Å². The van der Waals surface area contributed by atoms with E-state index in [1.54, 1.807) is 6.92 Å². The minimum absolute atomic E-state index is 0.127. The van der Waals surface area contributed by atoms with Crippen LogP contribution >= 0.6 is 0 Å². The molecule has 1 amide bonds. The van der Waals surface area contributed by atoms with Crippen molar-refractivity contribution in [1.29, 1.82) is 0 Å². The van der Waals surface area contributed by atoms with Crippen molar-refractivity contribution in [2.24, 2.45) is 5.10 Å². The first-order valence-corrected chi connectivity index (χ1v) is 6.62. The number of hydrogen-bond acceptors (Lipinski definition) is 3. The maximum atomic E-state index is 13.3. The number of benzene rings is 2. The van der Waals surface area contributed by atoms with E-state index in [0.29, 0.717) is 12.1 Å². The minimum Gasteiger partial charge on any atom is -0.507 e. The third-order valence-corrected chi connectivity index (χ3v) is 3.00. The molecule has 0 spiro atoms. The molecule has 22 heavy (non-hydrogen) atoms. The Bertz CT molecular complexity index is 713. The lowest BCUT2D eigenvalue weighted by Gasteiger charge is -2.07. The molecule has 0 bridgehead atoms. The van der Waals surface area contributed by atoms with Crippen LogP contribution in [0.4, 0.5) is 8.78 Å². The molecule has 0 saturated carbocycles. The number of hydrogen-bond donors (Lipinski definition) is 2. The van der Waals surface area contributed by atoms with Crippen LogP contribution in [0.5, 0.6) is 5.75 Å². The number of phenols is 1. The second-order valence-electron chi connectivity index (χ2n) is 4.52. The molecule has 0 saturated heterocycles. The summed E-state index contributed by atoms with van der Waals surface area (Å²) in [4.78, 5) is 11.9. The van der Waals surface area contributed by atoms with Crippen molar-refractivity contribution in [2.75, 3.05) is 0 Å². The second kappa shape index (κ2) is 6.80. The van der Waals surface area contributed by atoms with Crippen LogP contribution in [0, 0.1) is 11.6 Å². The lowest BCUT2D eigenvalue weighted by atomic mass is 10.1. The van der Waals surface area contributed by atoms with Crippen LogP contribution in [0.25, 0.3) is 0 Å². The molecule has 2 rings (SSSR count). The number of phenolic OH excluding ortho intramolecular Hbond substituents is 1. The Morgan fingerprint density at radius 1 is 1.14 bits per heavy atom. The van der Waals surface area contributed by atoms with E-state index in [0.717, 1.165) is 24.3 Å². The van der Waals surface area contributed by atoms with Crippen LogP contribution in [-0.4, -0.2) is 16.7 Å². The van der Waals surface area contributed by atoms with Gasteiger partial charge in [0.1, 0.15) is 17.4 Å². The summed E-state index contributed by atoms with van der Waals surface area (Å²) in [5.41, 5.74) is 3.08. The smallest absolute Gasteiger partial charge is 0.271 e. The van der Waals surface area contributed by atoms with Crippen molar-refractivity contribution in [3.05, 3.63) is 65.2 Å². The molecule has 0 radical (unpaired) electrons. The Kier molecular flexibility index (Phi) is 4.83. The van der Waals surface area contributed by atoms with Crippen molar-refractivity contribution in [3.63, 3.8) is 0 Å². The van der Waals surface area contributed by atoms with E-state index in [1.807, 2.05) is 0 Å². The average molecular weight is 304 g/mol. The zero-order valence-electron chi connectivity index (χ0n) is 11.8. The monoisotopic (exact) mass is 304 g/mol. The number of rotatable bonds is 4. The molecular weight excluding hydrogens is 290 g/mol. The van der Waals surface area contributed by atoms with Gasteiger partial charge in [0.25, 0.3) is 5.91 Å². The summed E-state index contributed by atoms with van der Waals surface area (Å²) in [7, 11) is 0. The Balaban J connectivity index is 2.20. The maximum Gasteiger partial charge on any atom is 0.271 e. The molecule has 0 heterocycles. The SMILES string of the molecule is CC/C(=N\NC(=O)c1ccc(F)cc1)c1cc(F)ccc1O. The third kappa shape index (κ3) is 3.66. The van der Waals surface area contributed by atoms with E-state index in [4.69, 9.17) is 0 Å². The highest BCUT2D eigenvalue weighted by molar-refractivity contribution is 6.03. The highest BCUT2D eigenvalue weighted by Crippen LogP contribution is 2.20. The summed E-state index contributed by atoms with van der Waals surface area (Å²) in [5.74, 6) is -1.61. The van der Waals surface area contributed by atoms with Gasteiger partial charge < -0.3 is 5.11 Å². The Labute approximate surface area is 126 Å². The first kappa shape index (κ1) is 15.6. The van der Waals surface area contributed by atoms with Gasteiger partial charge in [0.15, 0.2) is 0 Å². The standard InChI is InChI=1S/C16H14F2N2O2/c1-2-14(13-9-12(18)7-8-15(13)21)19-20-16(22)10-3-5-11(17)6-4-10/h3-9,21H,2H2,1H3,(H,20,22)/b19-14+. The first-order chi connectivity index (χ1) is 10.5. The van der Waals surface area contributed by atoms with E-state index in [2.05, 4.69) is 10.5 Å². The summed E-state index contributed by atoms with van der Waals surface area (Å²) >= 11 is 0. The van der Waals surface area contributed by atoms with Gasteiger partial charge in [-0.05, 0) is 48.9 Å². The first-order valence-electron chi connectivity index (χ1n) is 6.62. The quantitative estimate of drug-likeness (QED) is 0.673. The molecule has 2 aromatic rings. The van der Waals surface area contributed by atoms with Gasteiger partial charge in [-0.25, -0.2) is 14.2 Å². The molecular formula is C16H14F2N2O2. The predicted octanol–water partition coefficient (Wildman–Crippen LogP) is 3.21. The van der Waals surface area contributed by atoms with E-state index >= 15 is 0 Å². The lowest BCUT2D eigenvalue weighted by Crippen LogP contribution is -2.20. The molecule has 0 atom stereocenters. The van der Waals surface area contributed by atoms with E-state index in [1.165, 1.54) is 18.2 Å². The Morgan fingerprint density at radius 3 is 2.41 bits per heavy atom. The van der Waals surface area contributed by atoms with Crippen molar-refractivity contribution in [2.45, 2.75) is 13.3 Å². The number of halogens is 2. The summed E-state index contributed by atoms with van der Waals surface area (Å²) in [6.07, 6.45) is 0.376. The zero-order valence-corrected chi connectivity index (χ0v) is 11.8. The van der Waals surface area contributed by atoms with Crippen LogP contribution in [-0.2, 0) is 0 Å². The molecule has 114 valence electrons. The van der Waals surface area contributed by atoms with Gasteiger partial charge in [-0.3, -0.25) is 4.79 Å². The average Bonchev–Trinajstić information content (AvgIpc) is 2.51. The van der Waals surface area contributed by atoms with Crippen LogP contribution < -0.4 is 5.43 Å². The summed E-state index contributed by atoms with van der Waals surface area (Å²) in [5, 5.41) is 13.7. The van der Waals surface area contributed by atoms with Crippen molar-refractivity contribution in [3.8, 4) is 5.75 Å². The van der Waals surface area contributed by atoms with Crippen LogP contribution in [0.1, 0.15) is 29.3 Å². The van der Waals surface area contributed by atoms with Gasteiger partial charge in [0.2, 0.25) is 0 Å². The number of carbonyl (C=O) groups is 1. The largest absolute Gasteiger partial charge is 0.507 e. The Morgan fingerprint density at radius 2 is 1.77 bits per heavy atom. The normalized spacial score (nSPS) is 11.3. The van der Waals surface area contributed by atoms with Gasteiger partial charge in [0.05, 0.1) is 5.71 Å². The molecule has 6 heteroatoms. The van der Waals surface area contributed by atoms with E-state index in [9.17, 15) is 18.7 Å². The van der Waals surface area contributed by atoms with Crippen LogP contribution in [0.2, 0.25) is 0 Å². The van der Waals surface area contributed by atoms with Crippen molar-refractivity contribution >= 4 is 11.6 Å². The molecule has 0 aliphatic rings. The summed E-state index contributed by atoms with van der Waals surface area (Å²) < 4.78 is 26.1. The third-order valence-electron chi connectivity index (χ3n) is 3.00. The number of aromatic hydroxyl groups is 1. The number of carbonyl (C=O) groups excluding carboxylic acids is 1. The molecule has 0 unspecified atom stereocenters. The number of nitrogens with one attached hydrogen (secondary N) is 1. The summed E-state index contributed by atoms with van der Waals surface area (Å²) in [6.45, 7) is 1.76. The van der Waals surface area contributed by atoms with Crippen molar-refractivity contribution in [1.82, 2.24) is 5.43 Å². The van der Waals surface area contributed by atoms with Gasteiger partial charge in [-0.1, -0.05) is 6.92 Å².